The quantitative estimate of drug-likeness (QED) is 0.0994. The molecule has 0 aliphatic carbocycles. The number of aliphatic hydroxyl groups excluding tert-OH is 7. The van der Waals surface area contributed by atoms with Gasteiger partial charge in [-0.1, -0.05) is 37.3 Å². The van der Waals surface area contributed by atoms with E-state index in [1.807, 2.05) is 0 Å². The number of benzene rings is 2. The molecule has 2 aromatic rings. The van der Waals surface area contributed by atoms with Crippen molar-refractivity contribution in [3.63, 3.8) is 0 Å². The predicted octanol–water partition coefficient (Wildman–Crippen LogP) is -6.96. The Morgan fingerprint density at radius 1 is 0.704 bits per heavy atom. The molecule has 4 aliphatic rings. The number of guanidine groups is 2. The van der Waals surface area contributed by atoms with E-state index in [1.165, 1.54) is 12.1 Å². The van der Waals surface area contributed by atoms with Gasteiger partial charge in [0.1, 0.15) is 72.6 Å². The van der Waals surface area contributed by atoms with Crippen molar-refractivity contribution in [3.05, 3.63) is 62.5 Å². The van der Waals surface area contributed by atoms with Crippen molar-refractivity contribution in [2.24, 2.45) is 0 Å². The van der Waals surface area contributed by atoms with E-state index in [0.29, 0.717) is 11.1 Å². The summed E-state index contributed by atoms with van der Waals surface area (Å²) in [7, 11) is 0. The smallest absolute Gasteiger partial charge is 0.246 e. The van der Waals surface area contributed by atoms with Crippen LogP contribution in [0.2, 0.25) is 0 Å². The number of aromatic hydroxyl groups is 1. The second-order valence-corrected chi connectivity index (χ2v) is 19.0. The van der Waals surface area contributed by atoms with Crippen molar-refractivity contribution < 1.29 is 74.4 Å². The van der Waals surface area contributed by atoms with Crippen molar-refractivity contribution in [1.29, 1.82) is 10.8 Å². The minimum atomic E-state index is -2.28. The summed E-state index contributed by atoms with van der Waals surface area (Å²) in [6.45, 7) is -1.84. The van der Waals surface area contributed by atoms with Gasteiger partial charge in [-0.15, -0.1) is 0 Å². The number of carbonyl (C=O) groups excluding carboxylic acids is 6. The summed E-state index contributed by atoms with van der Waals surface area (Å²) in [5.41, 5.74) is 0.883. The molecule has 0 aromatic heterocycles. The summed E-state index contributed by atoms with van der Waals surface area (Å²) in [4.78, 5) is 86.4. The summed E-state index contributed by atoms with van der Waals surface area (Å²) in [5, 5.41) is 126. The highest BCUT2D eigenvalue weighted by atomic mass is 79.9. The molecule has 6 amide bonds. The fourth-order valence-corrected chi connectivity index (χ4v) is 9.80. The van der Waals surface area contributed by atoms with Gasteiger partial charge in [-0.05, 0) is 55.1 Å². The third kappa shape index (κ3) is 12.5. The van der Waals surface area contributed by atoms with E-state index < -0.39 is 159 Å². The molecule has 0 saturated carbocycles. The second kappa shape index (κ2) is 23.6. The number of ether oxygens (including phenoxy) is 1. The average Bonchev–Trinajstić information content (AvgIpc) is 3.97. The molecule has 4 fully saturated rings. The first-order chi connectivity index (χ1) is 33.6. The molecule has 0 bridgehead atoms. The number of hydrogen-bond acceptors (Lipinski definition) is 17. The zero-order valence-corrected chi connectivity index (χ0v) is 40.8. The lowest BCUT2D eigenvalue weighted by atomic mass is 9.92. The number of aliphatic hydroxyl groups is 7. The van der Waals surface area contributed by atoms with Crippen molar-refractivity contribution >= 4 is 79.2 Å². The van der Waals surface area contributed by atoms with Gasteiger partial charge in [0, 0.05) is 25.4 Å². The molecular formula is C42H56Br2N12O15. The zero-order chi connectivity index (χ0) is 52.0. The van der Waals surface area contributed by atoms with Gasteiger partial charge in [0.05, 0.1) is 40.8 Å². The SMILES string of the molecule is CC(c1ccccc1)C1NC(=O)CNC(=O)C(CO)NC(=O)C(C(O)C2CNC(=N)N2C2OC(CO)C(O)C(O)C2O)NC(=O)C(C(O)C2CNC(=N)N2)NC(=O)C(Cc2cc(Br)c(O)c(Br)c2)NC1=O. The fourth-order valence-electron chi connectivity index (χ4n) is 8.52. The van der Waals surface area contributed by atoms with Crippen molar-refractivity contribution in [2.75, 3.05) is 32.8 Å². The van der Waals surface area contributed by atoms with E-state index in [4.69, 9.17) is 15.6 Å². The molecule has 15 atom stereocenters. The van der Waals surface area contributed by atoms with Crippen LogP contribution in [0.4, 0.5) is 0 Å². The van der Waals surface area contributed by atoms with E-state index in [2.05, 4.69) is 79.7 Å². The summed E-state index contributed by atoms with van der Waals surface area (Å²) in [6.07, 6.45) is -13.7. The molecule has 4 aliphatic heterocycles. The fraction of sp³-hybridized carbons (Fsp3) is 0.524. The third-order valence-electron chi connectivity index (χ3n) is 12.5. The number of phenolic OH excluding ortho intramolecular Hbond substituents is 1. The molecule has 27 nitrogen and oxygen atoms in total. The van der Waals surface area contributed by atoms with Crippen LogP contribution in [-0.4, -0.2) is 211 Å². The van der Waals surface area contributed by atoms with Crippen LogP contribution in [0.15, 0.2) is 51.4 Å². The number of nitrogens with one attached hydrogen (secondary N) is 11. The summed E-state index contributed by atoms with van der Waals surface area (Å²) in [6, 6.07) is -0.870. The second-order valence-electron chi connectivity index (χ2n) is 17.3. The summed E-state index contributed by atoms with van der Waals surface area (Å²) < 4.78 is 6.00. The Morgan fingerprint density at radius 3 is 1.93 bits per heavy atom. The zero-order valence-electron chi connectivity index (χ0n) is 37.6. The van der Waals surface area contributed by atoms with Crippen LogP contribution in [-0.2, 0) is 39.9 Å². The number of amides is 6. The maximum atomic E-state index is 14.8. The van der Waals surface area contributed by atoms with Gasteiger partial charge in [-0.25, -0.2) is 0 Å². The summed E-state index contributed by atoms with van der Waals surface area (Å²) in [5.74, 6) is -8.79. The molecule has 19 N–H and O–H groups in total. The van der Waals surface area contributed by atoms with Crippen LogP contribution in [0.3, 0.4) is 0 Å². The molecule has 0 radical (unpaired) electrons. The van der Waals surface area contributed by atoms with Gasteiger partial charge in [-0.3, -0.25) is 39.6 Å². The highest BCUT2D eigenvalue weighted by molar-refractivity contribution is 9.11. The number of carbonyl (C=O) groups is 6. The number of rotatable bonds is 11. The Balaban J connectivity index is 1.43. The average molecular weight is 1130 g/mol. The Bertz CT molecular complexity index is 2320. The minimum absolute atomic E-state index is 0.178. The number of halogens is 2. The predicted molar refractivity (Wildman–Crippen MR) is 252 cm³/mol. The van der Waals surface area contributed by atoms with Gasteiger partial charge < -0.3 is 98.3 Å². The lowest BCUT2D eigenvalue weighted by Gasteiger charge is -2.46. The molecule has 29 heteroatoms. The molecule has 4 heterocycles. The van der Waals surface area contributed by atoms with Gasteiger partial charge in [0.25, 0.3) is 0 Å². The van der Waals surface area contributed by atoms with E-state index in [9.17, 15) is 69.6 Å². The van der Waals surface area contributed by atoms with Crippen molar-refractivity contribution in [1.82, 2.24) is 52.8 Å². The van der Waals surface area contributed by atoms with Crippen LogP contribution >= 0.6 is 31.9 Å². The number of hydrogen-bond donors (Lipinski definition) is 19. The van der Waals surface area contributed by atoms with Crippen molar-refractivity contribution in [2.45, 2.75) is 104 Å². The van der Waals surface area contributed by atoms with Crippen LogP contribution in [0, 0.1) is 10.8 Å². The minimum Gasteiger partial charge on any atom is -0.506 e. The normalized spacial score (nSPS) is 31.7. The lowest BCUT2D eigenvalue weighted by Crippen LogP contribution is -2.69. The highest BCUT2D eigenvalue weighted by Gasteiger charge is 2.53. The van der Waals surface area contributed by atoms with Gasteiger partial charge in [0.2, 0.25) is 35.4 Å². The lowest BCUT2D eigenvalue weighted by molar-refractivity contribution is -0.260. The molecule has 4 saturated heterocycles. The van der Waals surface area contributed by atoms with E-state index >= 15 is 0 Å². The Labute approximate surface area is 421 Å². The van der Waals surface area contributed by atoms with Crippen LogP contribution < -0.4 is 47.9 Å². The monoisotopic (exact) mass is 1130 g/mol. The standard InChI is InChI=1S/C42H56Br2N12O15/c1-15(17-5-3-2-4-6-17)26-37(68)50-20(9-16-7-18(43)29(60)19(44)8-16)36(67)54-27(30(61)21-10-48-41(45)52-21)39(70)55-28(38(69)51-22(13-57)35(66)47-12-25(59)53-26)31(62)23-11-49-42(46)56(23)40-34(65)33(64)32(63)24(14-58)71-40/h2-8,15,20-24,26-28,30-34,40,57-58,60-65H,9-14H2,1H3,(H2,46,49)(H,47,66)(H,50,68)(H,51,69)(H,53,59)(H,54,67)(H,55,70)(H3,45,48,52). The molecule has 15 unspecified atom stereocenters. The molecule has 388 valence electrons. The maximum Gasteiger partial charge on any atom is 0.246 e. The first-order valence-electron chi connectivity index (χ1n) is 22.1. The Morgan fingerprint density at radius 2 is 1.31 bits per heavy atom. The molecule has 71 heavy (non-hydrogen) atoms. The van der Waals surface area contributed by atoms with Gasteiger partial charge in [-0.2, -0.15) is 0 Å². The number of phenols is 1. The van der Waals surface area contributed by atoms with E-state index in [1.54, 1.807) is 37.3 Å². The molecule has 2 aromatic carbocycles. The number of nitrogens with zero attached hydrogens (tertiary/aromatic N) is 1. The van der Waals surface area contributed by atoms with Crippen LogP contribution in [0.1, 0.15) is 24.0 Å². The van der Waals surface area contributed by atoms with E-state index in [-0.39, 0.29) is 33.6 Å². The topological polar surface area (TPSA) is 433 Å². The maximum absolute atomic E-state index is 14.8. The first kappa shape index (κ1) is 54.6. The largest absolute Gasteiger partial charge is 0.506 e. The molecular weight excluding hydrogens is 1070 g/mol. The van der Waals surface area contributed by atoms with Crippen LogP contribution in [0.25, 0.3) is 0 Å². The molecule has 6 rings (SSSR count). The first-order valence-corrected chi connectivity index (χ1v) is 23.7. The van der Waals surface area contributed by atoms with Gasteiger partial charge in [0.15, 0.2) is 18.1 Å². The third-order valence-corrected chi connectivity index (χ3v) is 13.7. The van der Waals surface area contributed by atoms with E-state index in [0.717, 1.165) is 4.90 Å². The summed E-state index contributed by atoms with van der Waals surface area (Å²) >= 11 is 6.49. The highest BCUT2D eigenvalue weighted by Crippen LogP contribution is 2.34. The molecule has 0 spiro atoms. The van der Waals surface area contributed by atoms with Crippen molar-refractivity contribution in [3.8, 4) is 5.75 Å². The van der Waals surface area contributed by atoms with Gasteiger partial charge >= 0.3 is 0 Å². The van der Waals surface area contributed by atoms with Crippen LogP contribution in [0.5, 0.6) is 5.75 Å². The Kier molecular flexibility index (Phi) is 18.2. The Hall–Kier alpha value is -5.76.